The van der Waals surface area contributed by atoms with Crippen molar-refractivity contribution in [2.75, 3.05) is 31.5 Å². The Labute approximate surface area is 168 Å². The molecule has 2 N–H and O–H groups in total. The van der Waals surface area contributed by atoms with Gasteiger partial charge in [0, 0.05) is 18.9 Å². The number of anilines is 1. The molecule has 1 aliphatic rings. The first kappa shape index (κ1) is 20.2. The second-order valence-electron chi connectivity index (χ2n) is 6.88. The summed E-state index contributed by atoms with van der Waals surface area (Å²) >= 11 is 5.79. The minimum absolute atomic E-state index is 0.0977. The van der Waals surface area contributed by atoms with Gasteiger partial charge in [-0.1, -0.05) is 11.6 Å². The number of piperidine rings is 1. The van der Waals surface area contributed by atoms with E-state index in [1.165, 1.54) is 12.4 Å². The van der Waals surface area contributed by atoms with E-state index in [-0.39, 0.29) is 11.8 Å². The van der Waals surface area contributed by atoms with Crippen molar-refractivity contribution in [1.82, 2.24) is 25.2 Å². The molecule has 2 aromatic rings. The molecule has 1 fully saturated rings. The van der Waals surface area contributed by atoms with Gasteiger partial charge >= 0.3 is 0 Å². The number of nitrogens with zero attached hydrogens (tertiary/aromatic N) is 4. The minimum Gasteiger partial charge on any atom is -0.350 e. The Morgan fingerprint density at radius 3 is 2.57 bits per heavy atom. The second kappa shape index (κ2) is 9.57. The summed E-state index contributed by atoms with van der Waals surface area (Å²) in [5.41, 5.74) is 1.11. The summed E-state index contributed by atoms with van der Waals surface area (Å²) in [6.07, 6.45) is 6.41. The fourth-order valence-corrected chi connectivity index (χ4v) is 3.13. The van der Waals surface area contributed by atoms with Crippen LogP contribution >= 0.6 is 11.6 Å². The number of hydrogen-bond acceptors (Lipinski definition) is 6. The monoisotopic (exact) mass is 402 g/mol. The van der Waals surface area contributed by atoms with Crippen LogP contribution in [0.15, 0.2) is 30.7 Å². The van der Waals surface area contributed by atoms with Crippen molar-refractivity contribution in [3.05, 3.63) is 47.1 Å². The first-order chi connectivity index (χ1) is 13.5. The van der Waals surface area contributed by atoms with E-state index in [1.54, 1.807) is 18.3 Å². The van der Waals surface area contributed by atoms with Gasteiger partial charge in [0.2, 0.25) is 5.91 Å². The molecule has 2 aromatic heterocycles. The van der Waals surface area contributed by atoms with Crippen LogP contribution in [-0.4, -0.2) is 57.8 Å². The number of nitrogens with one attached hydrogen (secondary N) is 2. The zero-order valence-electron chi connectivity index (χ0n) is 15.7. The average Bonchev–Trinajstić information content (AvgIpc) is 2.69. The lowest BCUT2D eigenvalue weighted by atomic mass is 9.96. The number of halogens is 1. The third-order valence-electron chi connectivity index (χ3n) is 4.63. The molecular weight excluding hydrogens is 380 g/mol. The van der Waals surface area contributed by atoms with E-state index < -0.39 is 0 Å². The molecule has 28 heavy (non-hydrogen) atoms. The van der Waals surface area contributed by atoms with E-state index in [2.05, 4.69) is 30.5 Å². The number of rotatable bonds is 6. The third kappa shape index (κ3) is 5.97. The molecule has 1 saturated heterocycles. The zero-order valence-corrected chi connectivity index (χ0v) is 16.4. The van der Waals surface area contributed by atoms with E-state index in [9.17, 15) is 9.59 Å². The number of carbonyl (C=O) groups excluding carboxylic acids is 2. The number of likely N-dealkylation sites (tertiary alicyclic amines) is 1. The molecule has 0 unspecified atom stereocenters. The average molecular weight is 403 g/mol. The van der Waals surface area contributed by atoms with Crippen LogP contribution in [0.4, 0.5) is 5.82 Å². The summed E-state index contributed by atoms with van der Waals surface area (Å²) in [4.78, 5) is 38.6. The van der Waals surface area contributed by atoms with Gasteiger partial charge in [0.25, 0.3) is 5.91 Å². The number of carbonyl (C=O) groups is 2. The molecular formula is C19H23ClN6O2. The van der Waals surface area contributed by atoms with E-state index >= 15 is 0 Å². The van der Waals surface area contributed by atoms with Crippen molar-refractivity contribution in [2.24, 2.45) is 5.92 Å². The van der Waals surface area contributed by atoms with Gasteiger partial charge in [-0.15, -0.1) is 0 Å². The zero-order chi connectivity index (χ0) is 19.9. The molecule has 8 nitrogen and oxygen atoms in total. The maximum absolute atomic E-state index is 12.1. The Morgan fingerprint density at radius 2 is 1.93 bits per heavy atom. The summed E-state index contributed by atoms with van der Waals surface area (Å²) in [6, 6.07) is 3.36. The summed E-state index contributed by atoms with van der Waals surface area (Å²) in [5.74, 6) is 0.579. The van der Waals surface area contributed by atoms with Crippen LogP contribution < -0.4 is 10.6 Å². The van der Waals surface area contributed by atoms with Gasteiger partial charge in [0.1, 0.15) is 11.5 Å². The van der Waals surface area contributed by atoms with Gasteiger partial charge in [0.15, 0.2) is 0 Å². The molecule has 1 aliphatic heterocycles. The molecule has 0 atom stereocenters. The number of aromatic nitrogens is 3. The topological polar surface area (TPSA) is 100 Å². The largest absolute Gasteiger partial charge is 0.350 e. The van der Waals surface area contributed by atoms with Crippen LogP contribution in [0, 0.1) is 12.8 Å². The Kier molecular flexibility index (Phi) is 6.89. The van der Waals surface area contributed by atoms with Gasteiger partial charge < -0.3 is 10.6 Å². The lowest BCUT2D eigenvalue weighted by Crippen LogP contribution is -2.42. The Morgan fingerprint density at radius 1 is 1.14 bits per heavy atom. The van der Waals surface area contributed by atoms with Crippen molar-refractivity contribution in [3.63, 3.8) is 0 Å². The number of pyridine rings is 1. The molecule has 0 aliphatic carbocycles. The van der Waals surface area contributed by atoms with Gasteiger partial charge in [-0.25, -0.2) is 9.97 Å². The summed E-state index contributed by atoms with van der Waals surface area (Å²) < 4.78 is 0. The highest BCUT2D eigenvalue weighted by atomic mass is 35.5. The lowest BCUT2D eigenvalue weighted by molar-refractivity contribution is -0.117. The van der Waals surface area contributed by atoms with Crippen LogP contribution in [0.1, 0.15) is 29.0 Å². The normalized spacial score (nSPS) is 15.2. The van der Waals surface area contributed by atoms with Crippen LogP contribution in [0.3, 0.4) is 0 Å². The first-order valence-electron chi connectivity index (χ1n) is 9.20. The highest BCUT2D eigenvalue weighted by Gasteiger charge is 2.21. The molecule has 9 heteroatoms. The predicted octanol–water partition coefficient (Wildman–Crippen LogP) is 1.91. The Hall–Kier alpha value is -2.58. The van der Waals surface area contributed by atoms with Gasteiger partial charge in [-0.05, 0) is 50.9 Å². The number of amides is 2. The summed E-state index contributed by atoms with van der Waals surface area (Å²) in [5, 5.41) is 6.22. The molecule has 0 bridgehead atoms. The SMILES string of the molecule is Cc1cnc(C(=O)NCC2CCN(CC(=O)Nc3ccc(Cl)cn3)CC2)cn1. The van der Waals surface area contributed by atoms with Crippen LogP contribution in [0.5, 0.6) is 0 Å². The first-order valence-corrected chi connectivity index (χ1v) is 9.58. The molecule has 0 spiro atoms. The van der Waals surface area contributed by atoms with Gasteiger partial charge in [-0.2, -0.15) is 0 Å². The predicted molar refractivity (Wildman–Crippen MR) is 106 cm³/mol. The van der Waals surface area contributed by atoms with Crippen molar-refractivity contribution in [3.8, 4) is 0 Å². The van der Waals surface area contributed by atoms with Crippen molar-refractivity contribution in [2.45, 2.75) is 19.8 Å². The molecule has 0 saturated carbocycles. The van der Waals surface area contributed by atoms with Gasteiger partial charge in [0.05, 0.1) is 23.5 Å². The van der Waals surface area contributed by atoms with Gasteiger partial charge in [-0.3, -0.25) is 19.5 Å². The summed E-state index contributed by atoms with van der Waals surface area (Å²) in [6.45, 7) is 4.37. The van der Waals surface area contributed by atoms with Crippen molar-refractivity contribution in [1.29, 1.82) is 0 Å². The van der Waals surface area contributed by atoms with E-state index in [1.807, 2.05) is 6.92 Å². The van der Waals surface area contributed by atoms with E-state index in [4.69, 9.17) is 11.6 Å². The molecule has 3 rings (SSSR count). The molecule has 0 radical (unpaired) electrons. The number of hydrogen-bond donors (Lipinski definition) is 2. The standard InChI is InChI=1S/C19H23ClN6O2/c1-13-8-22-16(11-21-13)19(28)24-9-14-4-6-26(7-5-14)12-18(27)25-17-3-2-15(20)10-23-17/h2-3,8,10-11,14H,4-7,9,12H2,1H3,(H,24,28)(H,23,25,27). The maximum Gasteiger partial charge on any atom is 0.271 e. The maximum atomic E-state index is 12.1. The molecule has 0 aromatic carbocycles. The molecule has 2 amide bonds. The highest BCUT2D eigenvalue weighted by Crippen LogP contribution is 2.16. The lowest BCUT2D eigenvalue weighted by Gasteiger charge is -2.31. The fourth-order valence-electron chi connectivity index (χ4n) is 3.02. The Bertz CT molecular complexity index is 804. The van der Waals surface area contributed by atoms with Crippen LogP contribution in [0.25, 0.3) is 0 Å². The quantitative estimate of drug-likeness (QED) is 0.765. The fraction of sp³-hybridized carbons (Fsp3) is 0.421. The third-order valence-corrected chi connectivity index (χ3v) is 4.86. The van der Waals surface area contributed by atoms with Crippen LogP contribution in [-0.2, 0) is 4.79 Å². The van der Waals surface area contributed by atoms with Crippen molar-refractivity contribution < 1.29 is 9.59 Å². The van der Waals surface area contributed by atoms with E-state index in [0.717, 1.165) is 31.6 Å². The smallest absolute Gasteiger partial charge is 0.271 e. The van der Waals surface area contributed by atoms with Crippen molar-refractivity contribution >= 4 is 29.2 Å². The molecule has 3 heterocycles. The molecule has 148 valence electrons. The van der Waals surface area contributed by atoms with E-state index in [0.29, 0.717) is 35.5 Å². The van der Waals surface area contributed by atoms with Crippen LogP contribution in [0.2, 0.25) is 5.02 Å². The highest BCUT2D eigenvalue weighted by molar-refractivity contribution is 6.30. The Balaban J connectivity index is 1.37. The minimum atomic E-state index is -0.204. The number of aryl methyl sites for hydroxylation is 1. The second-order valence-corrected chi connectivity index (χ2v) is 7.32. The summed E-state index contributed by atoms with van der Waals surface area (Å²) in [7, 11) is 0.